The van der Waals surface area contributed by atoms with Crippen LogP contribution in [0.4, 0.5) is 0 Å². The van der Waals surface area contributed by atoms with Gasteiger partial charge in [0.1, 0.15) is 0 Å². The number of carbonyl (C=O) groups excluding carboxylic acids is 1. The van der Waals surface area contributed by atoms with E-state index in [-0.39, 0.29) is 35.3 Å². The first-order chi connectivity index (χ1) is 7.69. The second kappa shape index (κ2) is 9.35. The Morgan fingerprint density at radius 3 is 2.76 bits per heavy atom. The van der Waals surface area contributed by atoms with E-state index in [1.807, 2.05) is 6.92 Å². The van der Waals surface area contributed by atoms with E-state index >= 15 is 0 Å². The summed E-state index contributed by atoms with van der Waals surface area (Å²) in [6.45, 7) is 1.81. The number of hydrogen-bond acceptors (Lipinski definition) is 5. The molecule has 17 heavy (non-hydrogen) atoms. The van der Waals surface area contributed by atoms with Crippen LogP contribution in [0.15, 0.2) is 23.1 Å². The minimum atomic E-state index is -0.00403. The van der Waals surface area contributed by atoms with Crippen LogP contribution in [0.25, 0.3) is 0 Å². The number of ketones is 1. The van der Waals surface area contributed by atoms with Crippen molar-refractivity contribution in [2.24, 2.45) is 0 Å². The second-order valence-electron chi connectivity index (χ2n) is 3.06. The number of rotatable bonds is 6. The van der Waals surface area contributed by atoms with Gasteiger partial charge >= 0.3 is 29.6 Å². The molecular formula is C10H10ClNaO4S. The first-order valence-corrected chi connectivity index (χ1v) is 5.79. The topological polar surface area (TPSA) is 58.6 Å². The maximum Gasteiger partial charge on any atom is 1.00 e. The third-order valence-electron chi connectivity index (χ3n) is 1.97. The molecule has 0 unspecified atom stereocenters. The first kappa shape index (κ1) is 17.4. The summed E-state index contributed by atoms with van der Waals surface area (Å²) in [6.07, 6.45) is 0.313. The molecule has 0 aliphatic rings. The Balaban J connectivity index is 0.00000256. The van der Waals surface area contributed by atoms with Crippen molar-refractivity contribution in [1.82, 2.24) is 0 Å². The van der Waals surface area contributed by atoms with Crippen LogP contribution in [0.5, 0.6) is 0 Å². The average Bonchev–Trinajstić information content (AvgIpc) is 2.27. The summed E-state index contributed by atoms with van der Waals surface area (Å²) in [5.41, 5.74) is 1.44. The fourth-order valence-electron chi connectivity index (χ4n) is 1.20. The molecule has 4 nitrogen and oxygen atoms in total. The normalized spacial score (nSPS) is 9.82. The van der Waals surface area contributed by atoms with Crippen LogP contribution in [-0.2, 0) is 9.37 Å². The molecule has 0 saturated carbocycles. The van der Waals surface area contributed by atoms with Gasteiger partial charge in [-0.15, -0.1) is 11.6 Å². The van der Waals surface area contributed by atoms with Gasteiger partial charge in [0, 0.05) is 22.8 Å². The maximum atomic E-state index is 11.5. The fraction of sp³-hybridized carbons (Fsp3) is 0.300. The molecule has 0 spiro atoms. The van der Waals surface area contributed by atoms with Crippen LogP contribution >= 0.6 is 23.6 Å². The zero-order valence-electron chi connectivity index (χ0n) is 9.57. The molecule has 0 amide bonds. The van der Waals surface area contributed by atoms with Gasteiger partial charge in [-0.3, -0.25) is 9.83 Å². The predicted octanol–water partition coefficient (Wildman–Crippen LogP) is -0.959. The van der Waals surface area contributed by atoms with Crippen LogP contribution < -0.4 is 34.8 Å². The monoisotopic (exact) mass is 284 g/mol. The van der Waals surface area contributed by atoms with E-state index in [2.05, 4.69) is 9.37 Å². The molecule has 0 radical (unpaired) electrons. The van der Waals surface area contributed by atoms with Crippen LogP contribution in [0, 0.1) is 6.92 Å². The van der Waals surface area contributed by atoms with Crippen LogP contribution in [-0.4, -0.2) is 11.7 Å². The van der Waals surface area contributed by atoms with E-state index < -0.39 is 0 Å². The number of alkyl halides is 1. The SMILES string of the molecule is Cc1cc(C(=O)CCCl)ccc1SOO[O-].[Na+]. The van der Waals surface area contributed by atoms with Gasteiger partial charge in [0.05, 0.1) is 12.0 Å². The zero-order valence-corrected chi connectivity index (χ0v) is 13.1. The summed E-state index contributed by atoms with van der Waals surface area (Å²) in [5.74, 6) is 0.303. The molecule has 1 rings (SSSR count). The Bertz CT molecular complexity index is 375. The Morgan fingerprint density at radius 2 is 2.24 bits per heavy atom. The molecule has 7 heteroatoms. The van der Waals surface area contributed by atoms with E-state index in [0.717, 1.165) is 22.5 Å². The van der Waals surface area contributed by atoms with Crippen molar-refractivity contribution < 1.29 is 49.0 Å². The molecule has 0 heterocycles. The first-order valence-electron chi connectivity index (χ1n) is 4.52. The Kier molecular flexibility index (Phi) is 9.58. The molecule has 1 aromatic carbocycles. The van der Waals surface area contributed by atoms with Crippen LogP contribution in [0.2, 0.25) is 0 Å². The van der Waals surface area contributed by atoms with Gasteiger partial charge in [-0.2, -0.15) is 4.33 Å². The third-order valence-corrected chi connectivity index (χ3v) is 2.92. The predicted molar refractivity (Wildman–Crippen MR) is 58.9 cm³/mol. The van der Waals surface area contributed by atoms with Crippen molar-refractivity contribution in [3.8, 4) is 0 Å². The van der Waals surface area contributed by atoms with Crippen molar-refractivity contribution in [3.05, 3.63) is 29.3 Å². The van der Waals surface area contributed by atoms with Crippen LogP contribution in [0.3, 0.4) is 0 Å². The van der Waals surface area contributed by atoms with Gasteiger partial charge in [-0.05, 0) is 24.6 Å². The number of hydrogen-bond donors (Lipinski definition) is 0. The molecule has 0 bridgehead atoms. The molecule has 0 aliphatic heterocycles. The van der Waals surface area contributed by atoms with E-state index in [9.17, 15) is 10.1 Å². The summed E-state index contributed by atoms with van der Waals surface area (Å²) >= 11 is 6.30. The van der Waals surface area contributed by atoms with Gasteiger partial charge in [0.15, 0.2) is 5.78 Å². The van der Waals surface area contributed by atoms with Crippen LogP contribution in [0.1, 0.15) is 22.3 Å². The standard InChI is InChI=1S/C10H11ClO4S.Na/c1-7-6-8(9(12)4-5-11)2-3-10(7)16-15-14-13;/h2-3,6,13H,4-5H2,1H3;/q;+1/p-1. The summed E-state index contributed by atoms with van der Waals surface area (Å²) in [7, 11) is 0. The largest absolute Gasteiger partial charge is 1.00 e. The number of Topliss-reactive ketones (excluding diaryl/α,β-unsaturated/α-hetero) is 1. The van der Waals surface area contributed by atoms with Crippen molar-refractivity contribution in [2.75, 3.05) is 5.88 Å². The van der Waals surface area contributed by atoms with Gasteiger partial charge in [-0.1, -0.05) is 6.07 Å². The molecule has 1 aromatic rings. The van der Waals surface area contributed by atoms with E-state index in [1.54, 1.807) is 18.2 Å². The second-order valence-corrected chi connectivity index (χ2v) is 4.18. The van der Waals surface area contributed by atoms with Gasteiger partial charge in [0.25, 0.3) is 0 Å². The Labute approximate surface area is 131 Å². The fourth-order valence-corrected chi connectivity index (χ4v) is 1.78. The van der Waals surface area contributed by atoms with Gasteiger partial charge < -0.3 is 5.26 Å². The molecule has 0 atom stereocenters. The summed E-state index contributed by atoms with van der Waals surface area (Å²) < 4.78 is 4.20. The van der Waals surface area contributed by atoms with Crippen molar-refractivity contribution >= 4 is 29.4 Å². The van der Waals surface area contributed by atoms with E-state index in [0.29, 0.717) is 17.9 Å². The molecule has 0 aromatic heterocycles. The Hall–Kier alpha value is 0.410. The number of aryl methyl sites for hydroxylation is 1. The van der Waals surface area contributed by atoms with E-state index in [1.165, 1.54) is 0 Å². The summed E-state index contributed by atoms with van der Waals surface area (Å²) in [5, 5.41) is 12.9. The number of carbonyl (C=O) groups is 1. The summed E-state index contributed by atoms with van der Waals surface area (Å²) in [6, 6.07) is 5.09. The zero-order chi connectivity index (χ0) is 12.0. The average molecular weight is 285 g/mol. The van der Waals surface area contributed by atoms with Crippen molar-refractivity contribution in [1.29, 1.82) is 0 Å². The summed E-state index contributed by atoms with van der Waals surface area (Å²) in [4.78, 5) is 12.2. The third kappa shape index (κ3) is 5.72. The molecule has 0 saturated heterocycles. The van der Waals surface area contributed by atoms with E-state index in [4.69, 9.17) is 11.6 Å². The van der Waals surface area contributed by atoms with Gasteiger partial charge in [-0.25, -0.2) is 0 Å². The molecule has 88 valence electrons. The molecule has 0 fully saturated rings. The minimum Gasteiger partial charge on any atom is -0.691 e. The smallest absolute Gasteiger partial charge is 0.691 e. The maximum absolute atomic E-state index is 11.5. The van der Waals surface area contributed by atoms with Gasteiger partial charge in [0.2, 0.25) is 0 Å². The number of benzene rings is 1. The molecular weight excluding hydrogens is 275 g/mol. The molecule has 0 N–H and O–H groups in total. The van der Waals surface area contributed by atoms with Crippen molar-refractivity contribution in [3.63, 3.8) is 0 Å². The molecule has 0 aliphatic carbocycles. The Morgan fingerprint density at radius 1 is 1.53 bits per heavy atom. The minimum absolute atomic E-state index is 0. The number of halogens is 1. The quantitative estimate of drug-likeness (QED) is 0.168. The van der Waals surface area contributed by atoms with Crippen molar-refractivity contribution in [2.45, 2.75) is 18.2 Å².